The van der Waals surface area contributed by atoms with Crippen LogP contribution in [0.4, 0.5) is 0 Å². The summed E-state index contributed by atoms with van der Waals surface area (Å²) in [6.45, 7) is 0.278. The second-order valence-corrected chi connectivity index (χ2v) is 4.31. The molecule has 0 aliphatic carbocycles. The van der Waals surface area contributed by atoms with E-state index in [1.807, 2.05) is 12.1 Å². The van der Waals surface area contributed by atoms with E-state index in [9.17, 15) is 14.4 Å². The van der Waals surface area contributed by atoms with Gasteiger partial charge in [0.2, 0.25) is 5.91 Å². The minimum absolute atomic E-state index is 0.270. The van der Waals surface area contributed by atoms with Crippen molar-refractivity contribution < 1.29 is 14.4 Å². The van der Waals surface area contributed by atoms with E-state index in [2.05, 4.69) is 0 Å². The Morgan fingerprint density at radius 1 is 1.06 bits per heavy atom. The monoisotopic (exact) mass is 243 g/mol. The van der Waals surface area contributed by atoms with Gasteiger partial charge in [-0.3, -0.25) is 14.4 Å². The number of benzene rings is 1. The molecule has 2 aliphatic heterocycles. The lowest BCUT2D eigenvalue weighted by Crippen LogP contribution is -2.52. The van der Waals surface area contributed by atoms with Gasteiger partial charge in [-0.2, -0.15) is 5.01 Å². The number of hydrogen-bond donors (Lipinski definition) is 0. The smallest absolute Gasteiger partial charge is 0.273 e. The summed E-state index contributed by atoms with van der Waals surface area (Å²) in [6, 6.07) is 7.14. The molecule has 0 spiro atoms. The molecule has 5 heteroatoms. The summed E-state index contributed by atoms with van der Waals surface area (Å²) in [6.07, 6.45) is 2.16. The molecule has 5 nitrogen and oxygen atoms in total. The maximum Gasteiger partial charge on any atom is 0.273 e. The van der Waals surface area contributed by atoms with Gasteiger partial charge in [-0.05, 0) is 18.1 Å². The lowest BCUT2D eigenvalue weighted by molar-refractivity contribution is -0.160. The molecule has 0 bridgehead atoms. The lowest BCUT2D eigenvalue weighted by Gasteiger charge is -2.32. The van der Waals surface area contributed by atoms with Gasteiger partial charge >= 0.3 is 0 Å². The fourth-order valence-electron chi connectivity index (χ4n) is 2.29. The number of nitrogens with zero attached hydrogens (tertiary/aromatic N) is 2. The van der Waals surface area contributed by atoms with Gasteiger partial charge in [0.15, 0.2) is 0 Å². The average Bonchev–Trinajstić information content (AvgIpc) is 2.68. The highest BCUT2D eigenvalue weighted by Crippen LogP contribution is 2.26. The molecule has 1 fully saturated rings. The van der Waals surface area contributed by atoms with Crippen molar-refractivity contribution in [1.29, 1.82) is 0 Å². The van der Waals surface area contributed by atoms with Crippen molar-refractivity contribution in [3.8, 4) is 0 Å². The van der Waals surface area contributed by atoms with E-state index < -0.39 is 5.91 Å². The first-order valence-electron chi connectivity index (χ1n) is 5.78. The van der Waals surface area contributed by atoms with Gasteiger partial charge in [0, 0.05) is 12.0 Å². The molecule has 0 N–H and O–H groups in total. The summed E-state index contributed by atoms with van der Waals surface area (Å²) in [7, 11) is 0. The second-order valence-electron chi connectivity index (χ2n) is 4.31. The van der Waals surface area contributed by atoms with Crippen LogP contribution in [0.3, 0.4) is 0 Å². The molecule has 18 heavy (non-hydrogen) atoms. The molecule has 0 saturated carbocycles. The number of imide groups is 1. The van der Waals surface area contributed by atoms with Crippen molar-refractivity contribution in [2.24, 2.45) is 0 Å². The van der Waals surface area contributed by atoms with E-state index in [0.717, 1.165) is 10.6 Å². The maximum atomic E-state index is 12.2. The van der Waals surface area contributed by atoms with Gasteiger partial charge in [0.1, 0.15) is 0 Å². The van der Waals surface area contributed by atoms with Crippen molar-refractivity contribution in [3.63, 3.8) is 0 Å². The van der Waals surface area contributed by atoms with Crippen LogP contribution in [0.2, 0.25) is 0 Å². The summed E-state index contributed by atoms with van der Waals surface area (Å²) < 4.78 is 0. The molecule has 0 unspecified atom stereocenters. The van der Waals surface area contributed by atoms with Crippen LogP contribution < -0.4 is 0 Å². The van der Waals surface area contributed by atoms with Crippen LogP contribution in [-0.4, -0.2) is 27.7 Å². The Hall–Kier alpha value is -2.17. The molecule has 1 radical (unpaired) electrons. The van der Waals surface area contributed by atoms with Gasteiger partial charge in [-0.15, -0.1) is 0 Å². The highest BCUT2D eigenvalue weighted by Gasteiger charge is 2.38. The summed E-state index contributed by atoms with van der Waals surface area (Å²) in [4.78, 5) is 35.7. The average molecular weight is 243 g/mol. The van der Waals surface area contributed by atoms with Crippen LogP contribution >= 0.6 is 0 Å². The zero-order chi connectivity index (χ0) is 12.7. The normalized spacial score (nSPS) is 19.4. The van der Waals surface area contributed by atoms with Crippen LogP contribution in [-0.2, 0) is 16.1 Å². The third kappa shape index (κ3) is 1.51. The van der Waals surface area contributed by atoms with Crippen molar-refractivity contribution in [3.05, 3.63) is 41.8 Å². The van der Waals surface area contributed by atoms with Crippen molar-refractivity contribution in [2.75, 3.05) is 0 Å². The fraction of sp³-hybridized carbons (Fsp3) is 0.231. The number of fused-ring (bicyclic) bond motifs is 1. The first kappa shape index (κ1) is 11.0. The molecule has 1 aromatic rings. The number of hydrogen-bond acceptors (Lipinski definition) is 3. The van der Waals surface area contributed by atoms with E-state index >= 15 is 0 Å². The Balaban J connectivity index is 1.94. The van der Waals surface area contributed by atoms with Crippen LogP contribution in [0.1, 0.15) is 28.8 Å². The molecule has 0 aromatic heterocycles. The van der Waals surface area contributed by atoms with E-state index in [-0.39, 0.29) is 24.8 Å². The molecule has 2 heterocycles. The summed E-state index contributed by atoms with van der Waals surface area (Å²) in [5, 5.41) is 2.19. The number of piperidine rings is 1. The van der Waals surface area contributed by atoms with Gasteiger partial charge in [0.05, 0.1) is 13.0 Å². The topological polar surface area (TPSA) is 57.7 Å². The van der Waals surface area contributed by atoms with E-state index in [4.69, 9.17) is 0 Å². The first-order valence-corrected chi connectivity index (χ1v) is 5.78. The number of carbonyl (C=O) groups excluding carboxylic acids is 3. The minimum atomic E-state index is -0.410. The molecule has 3 amide bonds. The molecule has 1 aromatic carbocycles. The van der Waals surface area contributed by atoms with Gasteiger partial charge in [-0.1, -0.05) is 18.2 Å². The molecular weight excluding hydrogens is 232 g/mol. The van der Waals surface area contributed by atoms with Crippen LogP contribution in [0.5, 0.6) is 0 Å². The predicted octanol–water partition coefficient (Wildman–Crippen LogP) is 0.911. The molecule has 3 rings (SSSR count). The Labute approximate surface area is 104 Å². The highest BCUT2D eigenvalue weighted by atomic mass is 16.2. The van der Waals surface area contributed by atoms with Crippen LogP contribution in [0.25, 0.3) is 0 Å². The van der Waals surface area contributed by atoms with Gasteiger partial charge < -0.3 is 0 Å². The molecule has 1 saturated heterocycles. The fourth-order valence-corrected chi connectivity index (χ4v) is 2.29. The SMILES string of the molecule is O=C1c2ccccc2CN1N1C(=O)[CH]CCC1=O. The predicted molar refractivity (Wildman–Crippen MR) is 61.7 cm³/mol. The van der Waals surface area contributed by atoms with Crippen molar-refractivity contribution >= 4 is 17.7 Å². The maximum absolute atomic E-state index is 12.2. The zero-order valence-electron chi connectivity index (χ0n) is 9.63. The zero-order valence-corrected chi connectivity index (χ0v) is 9.63. The number of rotatable bonds is 1. The Morgan fingerprint density at radius 3 is 2.56 bits per heavy atom. The standard InChI is InChI=1S/C13H11N2O3/c16-11-6-3-7-12(17)15(11)14-8-9-4-1-2-5-10(9)13(14)18/h1-2,4-6H,3,7-8H2. The molecular formula is C13H11N2O3. The van der Waals surface area contributed by atoms with Gasteiger partial charge in [0.25, 0.3) is 11.8 Å². The van der Waals surface area contributed by atoms with E-state index in [0.29, 0.717) is 12.0 Å². The summed E-state index contributed by atoms with van der Waals surface area (Å²) in [5.41, 5.74) is 1.40. The Bertz CT molecular complexity index is 537. The largest absolute Gasteiger partial charge is 0.273 e. The summed E-state index contributed by atoms with van der Waals surface area (Å²) in [5.74, 6) is -1.02. The molecule has 91 valence electrons. The Kier molecular flexibility index (Phi) is 2.40. The second kappa shape index (κ2) is 3.94. The quantitative estimate of drug-likeness (QED) is 0.689. The van der Waals surface area contributed by atoms with Crippen molar-refractivity contribution in [1.82, 2.24) is 10.0 Å². The third-order valence-corrected chi connectivity index (χ3v) is 3.17. The van der Waals surface area contributed by atoms with Crippen molar-refractivity contribution in [2.45, 2.75) is 19.4 Å². The highest BCUT2D eigenvalue weighted by molar-refractivity contribution is 6.06. The lowest BCUT2D eigenvalue weighted by atomic mass is 10.1. The van der Waals surface area contributed by atoms with E-state index in [1.54, 1.807) is 12.1 Å². The van der Waals surface area contributed by atoms with E-state index in [1.165, 1.54) is 11.4 Å². The third-order valence-electron chi connectivity index (χ3n) is 3.17. The van der Waals surface area contributed by atoms with Crippen LogP contribution in [0, 0.1) is 6.42 Å². The minimum Gasteiger partial charge on any atom is -0.273 e. The molecule has 2 aliphatic rings. The first-order chi connectivity index (χ1) is 8.68. The molecule has 0 atom stereocenters. The summed E-state index contributed by atoms with van der Waals surface area (Å²) >= 11 is 0. The van der Waals surface area contributed by atoms with Gasteiger partial charge in [-0.25, -0.2) is 5.01 Å². The van der Waals surface area contributed by atoms with Crippen LogP contribution in [0.15, 0.2) is 24.3 Å². The number of amides is 3. The number of carbonyl (C=O) groups is 3. The number of hydrazine groups is 1. The Morgan fingerprint density at radius 2 is 1.83 bits per heavy atom.